The van der Waals surface area contributed by atoms with E-state index in [1.54, 1.807) is 34.9 Å². The van der Waals surface area contributed by atoms with E-state index < -0.39 is 9.84 Å². The van der Waals surface area contributed by atoms with Crippen LogP contribution in [0, 0.1) is 0 Å². The molecule has 9 heteroatoms. The van der Waals surface area contributed by atoms with Gasteiger partial charge in [0, 0.05) is 29.8 Å². The Balaban J connectivity index is 2.06. The normalized spacial score (nSPS) is 11.9. The molecule has 0 bridgehead atoms. The van der Waals surface area contributed by atoms with Crippen LogP contribution in [0.4, 0.5) is 5.13 Å². The van der Waals surface area contributed by atoms with E-state index in [-0.39, 0.29) is 10.8 Å². The summed E-state index contributed by atoms with van der Waals surface area (Å²) in [5, 5.41) is 0.501. The maximum absolute atomic E-state index is 13.4. The molecular weight excluding hydrogens is 438 g/mol. The van der Waals surface area contributed by atoms with Gasteiger partial charge in [0.05, 0.1) is 9.60 Å². The monoisotopic (exact) mass is 463 g/mol. The number of aromatic nitrogens is 1. The minimum atomic E-state index is -3.42. The molecule has 0 fully saturated rings. The molecule has 3 rings (SSSR count). The van der Waals surface area contributed by atoms with E-state index in [1.807, 2.05) is 43.3 Å². The van der Waals surface area contributed by atoms with Gasteiger partial charge in [0.15, 0.2) is 15.0 Å². The molecule has 1 aromatic heterocycles. The van der Waals surface area contributed by atoms with Crippen molar-refractivity contribution in [1.82, 2.24) is 9.88 Å². The molecule has 0 N–H and O–H groups in total. The molecule has 0 aliphatic heterocycles. The average molecular weight is 464 g/mol. The second kappa shape index (κ2) is 9.47. The molecule has 2 aromatic carbocycles. The number of anilines is 1. The number of fused-ring (bicyclic) bond motifs is 1. The van der Waals surface area contributed by atoms with Gasteiger partial charge in [-0.25, -0.2) is 13.4 Å². The molecule has 0 spiro atoms. The lowest BCUT2D eigenvalue weighted by molar-refractivity contribution is 0.0985. The standard InChI is InChI=1S/C21H25N3O3S3/c1-5-28-16-9-6-8-15(14-16)20(25)24(13-12-23(2)3)21-22-19-17(29-21)10-7-11-18(19)30(4,26)27/h6-11,14H,5,12-13H2,1-4H3. The molecule has 0 atom stereocenters. The van der Waals surface area contributed by atoms with Crippen molar-refractivity contribution in [3.63, 3.8) is 0 Å². The van der Waals surface area contributed by atoms with Crippen LogP contribution in [-0.2, 0) is 9.84 Å². The van der Waals surface area contributed by atoms with Gasteiger partial charge in [-0.3, -0.25) is 9.69 Å². The summed E-state index contributed by atoms with van der Waals surface area (Å²) in [7, 11) is 0.469. The first-order valence-electron chi connectivity index (χ1n) is 9.49. The number of likely N-dealkylation sites (N-methyl/N-ethyl adjacent to an activating group) is 1. The fraction of sp³-hybridized carbons (Fsp3) is 0.333. The van der Waals surface area contributed by atoms with E-state index in [0.717, 1.165) is 15.3 Å². The Labute approximate surface area is 185 Å². The summed E-state index contributed by atoms with van der Waals surface area (Å²) in [5.41, 5.74) is 1.01. The van der Waals surface area contributed by atoms with Crippen LogP contribution in [-0.4, -0.2) is 63.4 Å². The van der Waals surface area contributed by atoms with Crippen LogP contribution in [0.2, 0.25) is 0 Å². The molecule has 1 amide bonds. The Morgan fingerprint density at radius 2 is 1.87 bits per heavy atom. The SMILES string of the molecule is CCSc1cccc(C(=O)N(CCN(C)C)c2nc3c(S(C)(=O)=O)cccc3s2)c1. The van der Waals surface area contributed by atoms with Crippen molar-refractivity contribution in [2.24, 2.45) is 0 Å². The van der Waals surface area contributed by atoms with Crippen LogP contribution < -0.4 is 4.90 Å². The van der Waals surface area contributed by atoms with Gasteiger partial charge in [-0.15, -0.1) is 11.8 Å². The highest BCUT2D eigenvalue weighted by Gasteiger charge is 2.23. The number of hydrogen-bond acceptors (Lipinski definition) is 7. The van der Waals surface area contributed by atoms with E-state index >= 15 is 0 Å². The van der Waals surface area contributed by atoms with E-state index in [1.165, 1.54) is 17.6 Å². The average Bonchev–Trinajstić information content (AvgIpc) is 3.11. The lowest BCUT2D eigenvalue weighted by atomic mass is 10.2. The zero-order chi connectivity index (χ0) is 21.9. The number of hydrogen-bond donors (Lipinski definition) is 0. The van der Waals surface area contributed by atoms with Gasteiger partial charge >= 0.3 is 0 Å². The fourth-order valence-electron chi connectivity index (χ4n) is 2.95. The summed E-state index contributed by atoms with van der Waals surface area (Å²) in [6.07, 6.45) is 1.17. The molecule has 160 valence electrons. The number of nitrogens with zero attached hydrogens (tertiary/aromatic N) is 3. The Bertz CT molecular complexity index is 1160. The van der Waals surface area contributed by atoms with Gasteiger partial charge in [-0.1, -0.05) is 30.4 Å². The summed E-state index contributed by atoms with van der Waals surface area (Å²) in [6.45, 7) is 3.18. The highest BCUT2D eigenvalue weighted by Crippen LogP contribution is 2.33. The zero-order valence-corrected chi connectivity index (χ0v) is 19.9. The van der Waals surface area contributed by atoms with Gasteiger partial charge in [-0.05, 0) is 50.2 Å². The van der Waals surface area contributed by atoms with Crippen molar-refractivity contribution in [2.45, 2.75) is 16.7 Å². The topological polar surface area (TPSA) is 70.6 Å². The van der Waals surface area contributed by atoms with Crippen LogP contribution in [0.3, 0.4) is 0 Å². The summed E-state index contributed by atoms with van der Waals surface area (Å²) < 4.78 is 25.1. The lowest BCUT2D eigenvalue weighted by Crippen LogP contribution is -2.36. The minimum Gasteiger partial charge on any atom is -0.308 e. The molecule has 0 unspecified atom stereocenters. The van der Waals surface area contributed by atoms with Gasteiger partial charge in [0.25, 0.3) is 5.91 Å². The first-order chi connectivity index (χ1) is 14.2. The van der Waals surface area contributed by atoms with Crippen LogP contribution in [0.5, 0.6) is 0 Å². The summed E-state index contributed by atoms with van der Waals surface area (Å²) in [5.74, 6) is 0.782. The van der Waals surface area contributed by atoms with Gasteiger partial charge in [0.1, 0.15) is 5.52 Å². The zero-order valence-electron chi connectivity index (χ0n) is 17.5. The third-order valence-corrected chi connectivity index (χ3v) is 7.46. The lowest BCUT2D eigenvalue weighted by Gasteiger charge is -2.22. The number of thiazole rings is 1. The molecule has 0 saturated carbocycles. The van der Waals surface area contributed by atoms with E-state index in [0.29, 0.717) is 29.3 Å². The molecule has 0 aliphatic rings. The minimum absolute atomic E-state index is 0.143. The van der Waals surface area contributed by atoms with Crippen LogP contribution in [0.25, 0.3) is 10.2 Å². The highest BCUT2D eigenvalue weighted by molar-refractivity contribution is 7.99. The smallest absolute Gasteiger partial charge is 0.260 e. The van der Waals surface area contributed by atoms with Gasteiger partial charge < -0.3 is 4.90 Å². The summed E-state index contributed by atoms with van der Waals surface area (Å²) in [4.78, 5) is 22.9. The Kier molecular flexibility index (Phi) is 7.18. The number of thioether (sulfide) groups is 1. The van der Waals surface area contributed by atoms with Crippen molar-refractivity contribution in [3.05, 3.63) is 48.0 Å². The van der Waals surface area contributed by atoms with E-state index in [4.69, 9.17) is 0 Å². The van der Waals surface area contributed by atoms with Crippen molar-refractivity contribution in [2.75, 3.05) is 44.1 Å². The van der Waals surface area contributed by atoms with E-state index in [2.05, 4.69) is 11.9 Å². The van der Waals surface area contributed by atoms with Crippen molar-refractivity contribution in [1.29, 1.82) is 0 Å². The number of benzene rings is 2. The van der Waals surface area contributed by atoms with Gasteiger partial charge in [0.2, 0.25) is 0 Å². The Morgan fingerprint density at radius 3 is 2.53 bits per heavy atom. The molecule has 3 aromatic rings. The maximum Gasteiger partial charge on any atom is 0.260 e. The van der Waals surface area contributed by atoms with Crippen molar-refractivity contribution in [3.8, 4) is 0 Å². The molecule has 30 heavy (non-hydrogen) atoms. The number of sulfone groups is 1. The first kappa shape index (κ1) is 22.7. The highest BCUT2D eigenvalue weighted by atomic mass is 32.2. The fourth-order valence-corrected chi connectivity index (χ4v) is 5.58. The second-order valence-corrected chi connectivity index (χ2v) is 11.4. The molecular formula is C21H25N3O3S3. The predicted molar refractivity (Wildman–Crippen MR) is 126 cm³/mol. The van der Waals surface area contributed by atoms with Crippen LogP contribution in [0.15, 0.2) is 52.3 Å². The molecule has 1 heterocycles. The number of para-hydroxylation sites is 1. The van der Waals surface area contributed by atoms with Crippen LogP contribution >= 0.6 is 23.1 Å². The Morgan fingerprint density at radius 1 is 1.13 bits per heavy atom. The number of amides is 1. The third kappa shape index (κ3) is 5.21. The van der Waals surface area contributed by atoms with E-state index in [9.17, 15) is 13.2 Å². The molecule has 6 nitrogen and oxygen atoms in total. The van der Waals surface area contributed by atoms with Crippen LogP contribution in [0.1, 0.15) is 17.3 Å². The Hall–Kier alpha value is -1.94. The predicted octanol–water partition coefficient (Wildman–Crippen LogP) is 4.02. The number of rotatable bonds is 8. The summed E-state index contributed by atoms with van der Waals surface area (Å²) in [6, 6.07) is 12.7. The second-order valence-electron chi connectivity index (χ2n) is 7.09. The molecule has 0 saturated heterocycles. The summed E-state index contributed by atoms with van der Waals surface area (Å²) >= 11 is 3.01. The maximum atomic E-state index is 13.4. The molecule has 0 radical (unpaired) electrons. The largest absolute Gasteiger partial charge is 0.308 e. The number of carbonyl (C=O) groups excluding carboxylic acids is 1. The quantitative estimate of drug-likeness (QED) is 0.470. The molecule has 0 aliphatic carbocycles. The number of carbonyl (C=O) groups is 1. The first-order valence-corrected chi connectivity index (χ1v) is 13.2. The van der Waals surface area contributed by atoms with Crippen molar-refractivity contribution < 1.29 is 13.2 Å². The van der Waals surface area contributed by atoms with Crippen molar-refractivity contribution >= 4 is 54.2 Å². The third-order valence-electron chi connectivity index (χ3n) is 4.41. The van der Waals surface area contributed by atoms with Gasteiger partial charge in [-0.2, -0.15) is 0 Å².